The van der Waals surface area contributed by atoms with Gasteiger partial charge in [-0.25, -0.2) is 14.5 Å². The number of hydrogen-bond donors (Lipinski definition) is 1. The van der Waals surface area contributed by atoms with Crippen molar-refractivity contribution in [1.82, 2.24) is 20.1 Å². The van der Waals surface area contributed by atoms with E-state index in [0.29, 0.717) is 33.1 Å². The lowest BCUT2D eigenvalue weighted by Crippen LogP contribution is -2.18. The molecule has 0 saturated carbocycles. The van der Waals surface area contributed by atoms with E-state index >= 15 is 0 Å². The molecule has 0 bridgehead atoms. The number of nitrogens with one attached hydrogen (secondary N) is 1. The number of halogens is 1. The van der Waals surface area contributed by atoms with Crippen LogP contribution in [0.2, 0.25) is 0 Å². The first-order valence-corrected chi connectivity index (χ1v) is 9.19. The van der Waals surface area contributed by atoms with E-state index < -0.39 is 0 Å². The molecule has 2 heterocycles. The van der Waals surface area contributed by atoms with E-state index in [1.807, 2.05) is 32.0 Å². The smallest absolute Gasteiger partial charge is 0.251 e. The molecule has 0 spiro atoms. The Morgan fingerprint density at radius 3 is 2.79 bits per heavy atom. The Hall–Kier alpha value is -3.31. The molecule has 1 aromatic carbocycles. The van der Waals surface area contributed by atoms with Crippen LogP contribution in [0.5, 0.6) is 0 Å². The first-order chi connectivity index (χ1) is 13.4. The van der Waals surface area contributed by atoms with Gasteiger partial charge in [-0.3, -0.25) is 9.79 Å². The van der Waals surface area contributed by atoms with Gasteiger partial charge in [-0.1, -0.05) is 12.1 Å². The second-order valence-corrected chi connectivity index (χ2v) is 6.87. The maximum Gasteiger partial charge on any atom is 0.251 e. The molecule has 1 amide bonds. The number of carbonyl (C=O) groups is 1. The predicted molar refractivity (Wildman–Crippen MR) is 112 cm³/mol. The van der Waals surface area contributed by atoms with Crippen molar-refractivity contribution in [3.05, 3.63) is 74.9 Å². The lowest BCUT2D eigenvalue weighted by atomic mass is 10.1. The van der Waals surface area contributed by atoms with Crippen LogP contribution < -0.4 is 5.32 Å². The Kier molecular flexibility index (Phi) is 5.66. The van der Waals surface area contributed by atoms with Crippen molar-refractivity contribution in [1.29, 1.82) is 0 Å². The maximum absolute atomic E-state index is 12.3. The minimum absolute atomic E-state index is 0.295. The van der Waals surface area contributed by atoms with E-state index in [0.717, 1.165) is 11.1 Å². The van der Waals surface area contributed by atoms with E-state index in [-0.39, 0.29) is 5.91 Å². The SMILES string of the molecule is [C-]#[N+]c1cc(C)c(N=Cc2cc(Br)nn2-c2ncccc2C)c(C(=O)NC)c1. The number of rotatable bonds is 4. The van der Waals surface area contributed by atoms with E-state index in [2.05, 4.69) is 41.2 Å². The Morgan fingerprint density at radius 2 is 2.11 bits per heavy atom. The van der Waals surface area contributed by atoms with Crippen molar-refractivity contribution in [2.24, 2.45) is 4.99 Å². The number of hydrogen-bond acceptors (Lipinski definition) is 4. The lowest BCUT2D eigenvalue weighted by Gasteiger charge is -2.09. The van der Waals surface area contributed by atoms with Crippen LogP contribution in [0.1, 0.15) is 27.2 Å². The molecule has 0 fully saturated rings. The first kappa shape index (κ1) is 19.5. The second kappa shape index (κ2) is 8.15. The second-order valence-electron chi connectivity index (χ2n) is 6.06. The summed E-state index contributed by atoms with van der Waals surface area (Å²) in [4.78, 5) is 24.7. The summed E-state index contributed by atoms with van der Waals surface area (Å²) in [6.07, 6.45) is 3.34. The number of carbonyl (C=O) groups excluding carboxylic acids is 1. The molecule has 1 N–H and O–H groups in total. The molecule has 0 atom stereocenters. The number of benzene rings is 1. The van der Waals surface area contributed by atoms with Crippen LogP contribution in [-0.4, -0.2) is 33.9 Å². The van der Waals surface area contributed by atoms with Crippen LogP contribution in [0, 0.1) is 20.4 Å². The number of aliphatic imine (C=N–C) groups is 1. The normalized spacial score (nSPS) is 10.8. The van der Waals surface area contributed by atoms with Crippen molar-refractivity contribution in [3.8, 4) is 5.82 Å². The fourth-order valence-corrected chi connectivity index (χ4v) is 3.15. The van der Waals surface area contributed by atoms with E-state index in [9.17, 15) is 4.79 Å². The summed E-state index contributed by atoms with van der Waals surface area (Å²) in [5, 5.41) is 7.03. The largest absolute Gasteiger partial charge is 0.355 e. The Bertz CT molecular complexity index is 1130. The molecule has 0 radical (unpaired) electrons. The molecule has 140 valence electrons. The van der Waals surface area contributed by atoms with Gasteiger partial charge in [-0.15, -0.1) is 0 Å². The Labute approximate surface area is 171 Å². The van der Waals surface area contributed by atoms with E-state index in [1.165, 1.54) is 0 Å². The quantitative estimate of drug-likeness (QED) is 0.488. The van der Waals surface area contributed by atoms with Crippen molar-refractivity contribution >= 4 is 39.4 Å². The number of amides is 1. The molecule has 0 aliphatic carbocycles. The zero-order valence-corrected chi connectivity index (χ0v) is 17.1. The van der Waals surface area contributed by atoms with Crippen LogP contribution in [0.4, 0.5) is 11.4 Å². The molecule has 3 rings (SSSR count). The van der Waals surface area contributed by atoms with Gasteiger partial charge in [0.05, 0.1) is 29.7 Å². The standard InChI is InChI=1S/C20H17BrN6O/c1-12-6-5-7-24-19(12)27-15(10-17(21)26-27)11-25-18-13(2)8-14(22-3)9-16(18)20(28)23-4/h5-11H,1-2,4H3,(H,23,28). The number of aryl methyl sites for hydroxylation is 2. The molecule has 7 nitrogen and oxygen atoms in total. The fourth-order valence-electron chi connectivity index (χ4n) is 2.76. The highest BCUT2D eigenvalue weighted by Gasteiger charge is 2.15. The summed E-state index contributed by atoms with van der Waals surface area (Å²) in [6, 6.07) is 8.89. The Morgan fingerprint density at radius 1 is 1.32 bits per heavy atom. The minimum Gasteiger partial charge on any atom is -0.355 e. The molecular formula is C20H17BrN6O. The lowest BCUT2D eigenvalue weighted by molar-refractivity contribution is 0.0964. The van der Waals surface area contributed by atoms with Crippen molar-refractivity contribution in [3.63, 3.8) is 0 Å². The van der Waals surface area contributed by atoms with Gasteiger partial charge in [0.15, 0.2) is 11.5 Å². The topological polar surface area (TPSA) is 76.5 Å². The number of pyridine rings is 1. The van der Waals surface area contributed by atoms with Crippen LogP contribution >= 0.6 is 15.9 Å². The van der Waals surface area contributed by atoms with Gasteiger partial charge >= 0.3 is 0 Å². The highest BCUT2D eigenvalue weighted by atomic mass is 79.9. The van der Waals surface area contributed by atoms with Crippen molar-refractivity contribution < 1.29 is 4.79 Å². The predicted octanol–water partition coefficient (Wildman–Crippen LogP) is 4.31. The molecule has 0 unspecified atom stereocenters. The van der Waals surface area contributed by atoms with Crippen LogP contribution in [0.3, 0.4) is 0 Å². The highest BCUT2D eigenvalue weighted by molar-refractivity contribution is 9.10. The van der Waals surface area contributed by atoms with Gasteiger partial charge < -0.3 is 5.32 Å². The average Bonchev–Trinajstić information content (AvgIpc) is 3.06. The molecule has 0 aliphatic rings. The zero-order valence-electron chi connectivity index (χ0n) is 15.6. The summed E-state index contributed by atoms with van der Waals surface area (Å²) < 4.78 is 2.33. The molecule has 8 heteroatoms. The van der Waals surface area contributed by atoms with Gasteiger partial charge in [0.25, 0.3) is 5.91 Å². The molecular weight excluding hydrogens is 420 g/mol. The summed E-state index contributed by atoms with van der Waals surface area (Å²) in [6.45, 7) is 11.0. The minimum atomic E-state index is -0.295. The van der Waals surface area contributed by atoms with Gasteiger partial charge in [0.1, 0.15) is 4.60 Å². The monoisotopic (exact) mass is 436 g/mol. The van der Waals surface area contributed by atoms with Crippen molar-refractivity contribution in [2.45, 2.75) is 13.8 Å². The molecule has 0 saturated heterocycles. The maximum atomic E-state index is 12.3. The van der Waals surface area contributed by atoms with Gasteiger partial charge in [0.2, 0.25) is 0 Å². The molecule has 2 aromatic heterocycles. The third-order valence-electron chi connectivity index (χ3n) is 4.10. The van der Waals surface area contributed by atoms with Crippen LogP contribution in [0.15, 0.2) is 46.1 Å². The zero-order chi connectivity index (χ0) is 20.3. The average molecular weight is 437 g/mol. The summed E-state index contributed by atoms with van der Waals surface area (Å²) in [5.74, 6) is 0.400. The van der Waals surface area contributed by atoms with Crippen LogP contribution in [-0.2, 0) is 0 Å². The van der Waals surface area contributed by atoms with Gasteiger partial charge in [-0.05, 0) is 53.0 Å². The first-order valence-electron chi connectivity index (χ1n) is 8.40. The number of nitrogens with zero attached hydrogens (tertiary/aromatic N) is 5. The van der Waals surface area contributed by atoms with Gasteiger partial charge in [0, 0.05) is 19.3 Å². The van der Waals surface area contributed by atoms with E-state index in [1.54, 1.807) is 36.3 Å². The Balaban J connectivity index is 2.11. The third-order valence-corrected chi connectivity index (χ3v) is 4.49. The fraction of sp³-hybridized carbons (Fsp3) is 0.150. The third kappa shape index (κ3) is 3.85. The summed E-state index contributed by atoms with van der Waals surface area (Å²) in [5.41, 5.74) is 3.66. The van der Waals surface area contributed by atoms with Gasteiger partial charge in [-0.2, -0.15) is 5.10 Å². The number of aromatic nitrogens is 3. The molecule has 3 aromatic rings. The van der Waals surface area contributed by atoms with Crippen LogP contribution in [0.25, 0.3) is 10.7 Å². The summed E-state index contributed by atoms with van der Waals surface area (Å²) in [7, 11) is 1.55. The summed E-state index contributed by atoms with van der Waals surface area (Å²) >= 11 is 3.39. The molecule has 28 heavy (non-hydrogen) atoms. The van der Waals surface area contributed by atoms with E-state index in [4.69, 9.17) is 6.57 Å². The molecule has 0 aliphatic heterocycles. The highest BCUT2D eigenvalue weighted by Crippen LogP contribution is 2.30. The van der Waals surface area contributed by atoms with Crippen molar-refractivity contribution in [2.75, 3.05) is 7.05 Å².